The van der Waals surface area contributed by atoms with E-state index >= 15 is 0 Å². The van der Waals surface area contributed by atoms with E-state index in [9.17, 15) is 17.6 Å². The molecule has 0 saturated heterocycles. The Labute approximate surface area is 162 Å². The molecule has 136 valence electrons. The standard InChI is InChI=1S/C16H9BrF4N2OS2/c17-8-2-1-3-9(18)14(8)12-6-11(23-24-12)13-7-22-16(26-13)25-5-4-10(19)15(20)21/h1-3,6-7H,4-5H2. The lowest BCUT2D eigenvalue weighted by atomic mass is 10.1. The average molecular weight is 465 g/mol. The monoisotopic (exact) mass is 464 g/mol. The van der Waals surface area contributed by atoms with E-state index < -0.39 is 17.7 Å². The van der Waals surface area contributed by atoms with E-state index in [0.717, 1.165) is 11.8 Å². The number of thioether (sulfide) groups is 1. The maximum absolute atomic E-state index is 14.0. The molecule has 0 N–H and O–H groups in total. The summed E-state index contributed by atoms with van der Waals surface area (Å²) in [6.45, 7) is 0. The molecule has 3 nitrogen and oxygen atoms in total. The molecule has 0 spiro atoms. The quantitative estimate of drug-likeness (QED) is 0.293. The second kappa shape index (κ2) is 8.36. The normalized spacial score (nSPS) is 11.0. The van der Waals surface area contributed by atoms with Gasteiger partial charge in [0, 0.05) is 28.9 Å². The number of hydrogen-bond acceptors (Lipinski definition) is 5. The van der Waals surface area contributed by atoms with Crippen LogP contribution in [0.15, 0.2) is 55.7 Å². The number of benzene rings is 1. The molecule has 0 aliphatic heterocycles. The molecule has 0 radical (unpaired) electrons. The highest BCUT2D eigenvalue weighted by Gasteiger charge is 2.17. The van der Waals surface area contributed by atoms with Crippen LogP contribution in [0, 0.1) is 5.82 Å². The summed E-state index contributed by atoms with van der Waals surface area (Å²) in [6, 6.07) is 6.17. The summed E-state index contributed by atoms with van der Waals surface area (Å²) >= 11 is 5.70. The van der Waals surface area contributed by atoms with Gasteiger partial charge in [-0.25, -0.2) is 13.8 Å². The summed E-state index contributed by atoms with van der Waals surface area (Å²) in [5.74, 6) is -1.45. The third kappa shape index (κ3) is 4.36. The second-order valence-electron chi connectivity index (χ2n) is 4.93. The molecule has 0 fully saturated rings. The Balaban J connectivity index is 1.73. The van der Waals surface area contributed by atoms with Gasteiger partial charge in [0.25, 0.3) is 0 Å². The van der Waals surface area contributed by atoms with E-state index in [2.05, 4.69) is 26.1 Å². The summed E-state index contributed by atoms with van der Waals surface area (Å²) < 4.78 is 57.1. The molecule has 3 rings (SSSR count). The lowest BCUT2D eigenvalue weighted by Crippen LogP contribution is -1.83. The van der Waals surface area contributed by atoms with Crippen LogP contribution in [0.3, 0.4) is 0 Å². The smallest absolute Gasteiger partial charge is 0.301 e. The summed E-state index contributed by atoms with van der Waals surface area (Å²) in [5.41, 5.74) is 0.737. The lowest BCUT2D eigenvalue weighted by molar-refractivity contribution is 0.373. The molecule has 26 heavy (non-hydrogen) atoms. The first kappa shape index (κ1) is 19.1. The van der Waals surface area contributed by atoms with Crippen molar-refractivity contribution in [1.29, 1.82) is 0 Å². The zero-order valence-corrected chi connectivity index (χ0v) is 16.0. The van der Waals surface area contributed by atoms with Crippen LogP contribution in [-0.4, -0.2) is 15.9 Å². The van der Waals surface area contributed by atoms with E-state index in [1.54, 1.807) is 24.4 Å². The maximum Gasteiger partial charge on any atom is 0.301 e. The van der Waals surface area contributed by atoms with Crippen molar-refractivity contribution in [3.05, 3.63) is 52.7 Å². The SMILES string of the molecule is FC(F)=C(F)CCSc1ncc(-c2cc(-c3c(F)cccc3Br)on2)s1. The van der Waals surface area contributed by atoms with Gasteiger partial charge in [0.1, 0.15) is 15.9 Å². The van der Waals surface area contributed by atoms with Crippen molar-refractivity contribution in [2.45, 2.75) is 10.8 Å². The molecule has 1 aromatic carbocycles. The molecule has 10 heteroatoms. The summed E-state index contributed by atoms with van der Waals surface area (Å²) in [4.78, 5) is 4.81. The van der Waals surface area contributed by atoms with Gasteiger partial charge in [-0.2, -0.15) is 8.78 Å². The number of rotatable bonds is 6. The third-order valence-corrected chi connectivity index (χ3v) is 6.05. The molecule has 0 unspecified atom stereocenters. The molecule has 0 saturated carbocycles. The van der Waals surface area contributed by atoms with Crippen LogP contribution in [-0.2, 0) is 0 Å². The first-order valence-corrected chi connectivity index (χ1v) is 9.75. The average Bonchev–Trinajstić information content (AvgIpc) is 3.24. The topological polar surface area (TPSA) is 38.9 Å². The Hall–Kier alpha value is -1.65. The van der Waals surface area contributed by atoms with Crippen LogP contribution in [0.25, 0.3) is 21.9 Å². The van der Waals surface area contributed by atoms with Crippen molar-refractivity contribution in [2.75, 3.05) is 5.75 Å². The van der Waals surface area contributed by atoms with Crippen molar-refractivity contribution < 1.29 is 22.1 Å². The Morgan fingerprint density at radius 1 is 1.27 bits per heavy atom. The van der Waals surface area contributed by atoms with E-state index in [1.807, 2.05) is 0 Å². The molecular weight excluding hydrogens is 456 g/mol. The highest BCUT2D eigenvalue weighted by Crippen LogP contribution is 2.36. The van der Waals surface area contributed by atoms with E-state index in [-0.39, 0.29) is 23.5 Å². The largest absolute Gasteiger partial charge is 0.355 e. The van der Waals surface area contributed by atoms with Crippen molar-refractivity contribution in [3.8, 4) is 21.9 Å². The van der Waals surface area contributed by atoms with Crippen LogP contribution < -0.4 is 0 Å². The second-order valence-corrected chi connectivity index (χ2v) is 8.15. The van der Waals surface area contributed by atoms with Gasteiger partial charge in [-0.1, -0.05) is 23.0 Å². The zero-order valence-electron chi connectivity index (χ0n) is 12.8. The fraction of sp³-hybridized carbons (Fsp3) is 0.125. The van der Waals surface area contributed by atoms with Gasteiger partial charge in [-0.15, -0.1) is 11.3 Å². The highest BCUT2D eigenvalue weighted by atomic mass is 79.9. The number of aromatic nitrogens is 2. The minimum Gasteiger partial charge on any atom is -0.355 e. The zero-order chi connectivity index (χ0) is 18.7. The van der Waals surface area contributed by atoms with Crippen molar-refractivity contribution in [1.82, 2.24) is 10.1 Å². The number of halogens is 5. The molecule has 0 bridgehead atoms. The van der Waals surface area contributed by atoms with Crippen molar-refractivity contribution >= 4 is 39.0 Å². The molecule has 0 atom stereocenters. The molecule has 0 aliphatic rings. The van der Waals surface area contributed by atoms with Gasteiger partial charge in [0.05, 0.1) is 10.4 Å². The van der Waals surface area contributed by atoms with E-state index in [0.29, 0.717) is 19.4 Å². The van der Waals surface area contributed by atoms with E-state index in [4.69, 9.17) is 4.52 Å². The summed E-state index contributed by atoms with van der Waals surface area (Å²) in [7, 11) is 0. The molecule has 0 amide bonds. The predicted octanol–water partition coefficient (Wildman–Crippen LogP) is 6.93. The van der Waals surface area contributed by atoms with Gasteiger partial charge in [0.2, 0.25) is 0 Å². The van der Waals surface area contributed by atoms with Crippen LogP contribution in [0.5, 0.6) is 0 Å². The van der Waals surface area contributed by atoms with Crippen LogP contribution in [0.4, 0.5) is 17.6 Å². The van der Waals surface area contributed by atoms with Crippen LogP contribution in [0.1, 0.15) is 6.42 Å². The Kier molecular flexibility index (Phi) is 6.15. The van der Waals surface area contributed by atoms with Crippen LogP contribution in [0.2, 0.25) is 0 Å². The summed E-state index contributed by atoms with van der Waals surface area (Å²) in [5, 5.41) is 3.92. The fourth-order valence-corrected chi connectivity index (χ4v) is 4.48. The molecule has 2 aromatic heterocycles. The Morgan fingerprint density at radius 3 is 2.81 bits per heavy atom. The fourth-order valence-electron chi connectivity index (χ4n) is 2.01. The Bertz CT molecular complexity index is 933. The molecule has 2 heterocycles. The molecular formula is C16H9BrF4N2OS2. The third-order valence-electron chi connectivity index (χ3n) is 3.21. The van der Waals surface area contributed by atoms with Gasteiger partial charge in [-0.3, -0.25) is 0 Å². The molecule has 3 aromatic rings. The lowest BCUT2D eigenvalue weighted by Gasteiger charge is -2.00. The van der Waals surface area contributed by atoms with Crippen molar-refractivity contribution in [3.63, 3.8) is 0 Å². The van der Waals surface area contributed by atoms with E-state index in [1.165, 1.54) is 17.4 Å². The van der Waals surface area contributed by atoms with Gasteiger partial charge in [-0.05, 0) is 28.1 Å². The first-order valence-electron chi connectivity index (χ1n) is 7.15. The van der Waals surface area contributed by atoms with Gasteiger partial charge in [0.15, 0.2) is 11.6 Å². The number of nitrogens with zero attached hydrogens (tertiary/aromatic N) is 2. The number of allylic oxidation sites excluding steroid dienone is 1. The van der Waals surface area contributed by atoms with Gasteiger partial charge < -0.3 is 4.52 Å². The molecule has 0 aliphatic carbocycles. The van der Waals surface area contributed by atoms with Gasteiger partial charge >= 0.3 is 6.08 Å². The number of hydrogen-bond donors (Lipinski definition) is 0. The van der Waals surface area contributed by atoms with Crippen LogP contribution >= 0.6 is 39.0 Å². The highest BCUT2D eigenvalue weighted by molar-refractivity contribution is 9.10. The Morgan fingerprint density at radius 2 is 2.08 bits per heavy atom. The maximum atomic E-state index is 14.0. The number of thiazole rings is 1. The summed E-state index contributed by atoms with van der Waals surface area (Å²) in [6.07, 6.45) is -1.11. The minimum absolute atomic E-state index is 0.141. The minimum atomic E-state index is -2.29. The first-order chi connectivity index (χ1) is 12.5. The van der Waals surface area contributed by atoms with Crippen molar-refractivity contribution in [2.24, 2.45) is 0 Å². The predicted molar refractivity (Wildman–Crippen MR) is 96.4 cm³/mol.